The van der Waals surface area contributed by atoms with E-state index in [1.54, 1.807) is 6.20 Å². The van der Waals surface area contributed by atoms with Crippen LogP contribution in [0.25, 0.3) is 0 Å². The molecule has 4 N–H and O–H groups in total. The summed E-state index contributed by atoms with van der Waals surface area (Å²) in [6.45, 7) is 1.62. The molecule has 1 saturated heterocycles. The number of aryl methyl sites for hydroxylation is 1. The zero-order valence-corrected chi connectivity index (χ0v) is 10.1. The molecular formula is C11H17N3O4. The Morgan fingerprint density at radius 3 is 2.94 bits per heavy atom. The fourth-order valence-corrected chi connectivity index (χ4v) is 2.05. The standard InChI is InChI=1S/C11H17N3O4/c1-2-6-4-14(11(17)13-10(6)12)9-3-7(16)8(5-15)18-9/h4,7-9,15-16H,2-3,5H2,1H3,(H2,12,13,17). The highest BCUT2D eigenvalue weighted by Gasteiger charge is 2.35. The van der Waals surface area contributed by atoms with Crippen LogP contribution in [0.2, 0.25) is 0 Å². The van der Waals surface area contributed by atoms with Gasteiger partial charge in [-0.05, 0) is 6.42 Å². The maximum atomic E-state index is 11.7. The van der Waals surface area contributed by atoms with Crippen molar-refractivity contribution >= 4 is 5.82 Å². The Morgan fingerprint density at radius 1 is 1.67 bits per heavy atom. The van der Waals surface area contributed by atoms with Crippen LogP contribution in [0, 0.1) is 0 Å². The van der Waals surface area contributed by atoms with Crippen molar-refractivity contribution in [1.82, 2.24) is 9.55 Å². The van der Waals surface area contributed by atoms with Gasteiger partial charge in [0.1, 0.15) is 18.1 Å². The topological polar surface area (TPSA) is 111 Å². The van der Waals surface area contributed by atoms with Crippen molar-refractivity contribution in [3.63, 3.8) is 0 Å². The third-order valence-corrected chi connectivity index (χ3v) is 3.14. The number of aliphatic hydroxyl groups excluding tert-OH is 2. The molecule has 1 aromatic heterocycles. The van der Waals surface area contributed by atoms with Gasteiger partial charge in [0.25, 0.3) is 0 Å². The largest absolute Gasteiger partial charge is 0.394 e. The van der Waals surface area contributed by atoms with Crippen LogP contribution in [0.15, 0.2) is 11.0 Å². The molecule has 100 valence electrons. The number of anilines is 1. The molecule has 1 fully saturated rings. The minimum Gasteiger partial charge on any atom is -0.394 e. The Bertz CT molecular complexity index is 488. The zero-order chi connectivity index (χ0) is 13.3. The molecule has 0 aromatic carbocycles. The number of aromatic nitrogens is 2. The fourth-order valence-electron chi connectivity index (χ4n) is 2.05. The number of aliphatic hydroxyl groups is 2. The third kappa shape index (κ3) is 2.24. The molecule has 18 heavy (non-hydrogen) atoms. The van der Waals surface area contributed by atoms with Crippen LogP contribution in [0.4, 0.5) is 5.82 Å². The van der Waals surface area contributed by atoms with E-state index in [1.807, 2.05) is 6.92 Å². The molecule has 2 heterocycles. The van der Waals surface area contributed by atoms with Crippen LogP contribution in [0.5, 0.6) is 0 Å². The van der Waals surface area contributed by atoms with Crippen molar-refractivity contribution in [3.8, 4) is 0 Å². The van der Waals surface area contributed by atoms with Crippen molar-refractivity contribution < 1.29 is 14.9 Å². The molecule has 0 spiro atoms. The first-order chi connectivity index (χ1) is 8.56. The van der Waals surface area contributed by atoms with Crippen molar-refractivity contribution in [2.75, 3.05) is 12.3 Å². The molecule has 2 rings (SSSR count). The van der Waals surface area contributed by atoms with Crippen molar-refractivity contribution in [2.45, 2.75) is 38.2 Å². The van der Waals surface area contributed by atoms with E-state index >= 15 is 0 Å². The zero-order valence-electron chi connectivity index (χ0n) is 10.1. The van der Waals surface area contributed by atoms with E-state index in [-0.39, 0.29) is 18.8 Å². The first-order valence-corrected chi connectivity index (χ1v) is 5.88. The van der Waals surface area contributed by atoms with Gasteiger partial charge in [-0.1, -0.05) is 6.92 Å². The highest BCUT2D eigenvalue weighted by atomic mass is 16.5. The highest BCUT2D eigenvalue weighted by Crippen LogP contribution is 2.27. The van der Waals surface area contributed by atoms with Crippen LogP contribution in [-0.2, 0) is 11.2 Å². The normalized spacial score (nSPS) is 27.6. The summed E-state index contributed by atoms with van der Waals surface area (Å²) in [6, 6.07) is 0. The van der Waals surface area contributed by atoms with Crippen molar-refractivity contribution in [1.29, 1.82) is 0 Å². The number of nitrogen functional groups attached to an aromatic ring is 1. The van der Waals surface area contributed by atoms with E-state index in [1.165, 1.54) is 4.57 Å². The Hall–Kier alpha value is -1.44. The second-order valence-electron chi connectivity index (χ2n) is 4.31. The van der Waals surface area contributed by atoms with Gasteiger partial charge in [-0.3, -0.25) is 4.57 Å². The maximum Gasteiger partial charge on any atom is 0.351 e. The van der Waals surface area contributed by atoms with E-state index in [2.05, 4.69) is 4.98 Å². The summed E-state index contributed by atoms with van der Waals surface area (Å²) in [7, 11) is 0. The molecule has 1 aliphatic rings. The Balaban J connectivity index is 2.32. The van der Waals surface area contributed by atoms with Crippen LogP contribution in [-0.4, -0.2) is 38.6 Å². The summed E-state index contributed by atoms with van der Waals surface area (Å²) in [6.07, 6.45) is 0.446. The molecule has 1 aliphatic heterocycles. The van der Waals surface area contributed by atoms with Crippen LogP contribution in [0.1, 0.15) is 25.1 Å². The predicted octanol–water partition coefficient (Wildman–Crippen LogP) is -0.971. The molecular weight excluding hydrogens is 238 g/mol. The molecule has 7 nitrogen and oxygen atoms in total. The monoisotopic (exact) mass is 255 g/mol. The number of hydrogen-bond donors (Lipinski definition) is 3. The van der Waals surface area contributed by atoms with Crippen LogP contribution in [0.3, 0.4) is 0 Å². The Morgan fingerprint density at radius 2 is 2.39 bits per heavy atom. The molecule has 0 amide bonds. The molecule has 7 heteroatoms. The van der Waals surface area contributed by atoms with E-state index < -0.39 is 24.1 Å². The van der Waals surface area contributed by atoms with Crippen LogP contribution >= 0.6 is 0 Å². The van der Waals surface area contributed by atoms with Gasteiger partial charge in [0, 0.05) is 18.2 Å². The van der Waals surface area contributed by atoms with E-state index in [0.717, 1.165) is 5.56 Å². The third-order valence-electron chi connectivity index (χ3n) is 3.14. The lowest BCUT2D eigenvalue weighted by Gasteiger charge is -2.15. The average molecular weight is 255 g/mol. The second-order valence-corrected chi connectivity index (χ2v) is 4.31. The summed E-state index contributed by atoms with van der Waals surface area (Å²) >= 11 is 0. The van der Waals surface area contributed by atoms with Crippen molar-refractivity contribution in [3.05, 3.63) is 22.2 Å². The molecule has 0 radical (unpaired) electrons. The first kappa shape index (κ1) is 13.0. The Labute approximate surface area is 104 Å². The first-order valence-electron chi connectivity index (χ1n) is 5.88. The van der Waals surface area contributed by atoms with E-state index in [4.69, 9.17) is 15.6 Å². The predicted molar refractivity (Wildman–Crippen MR) is 63.9 cm³/mol. The molecule has 3 atom stereocenters. The second kappa shape index (κ2) is 5.05. The van der Waals surface area contributed by atoms with Gasteiger partial charge < -0.3 is 20.7 Å². The summed E-state index contributed by atoms with van der Waals surface area (Å²) in [4.78, 5) is 15.5. The summed E-state index contributed by atoms with van der Waals surface area (Å²) in [5, 5.41) is 18.7. The lowest BCUT2D eigenvalue weighted by molar-refractivity contribution is -0.0459. The number of nitrogens with zero attached hydrogens (tertiary/aromatic N) is 2. The summed E-state index contributed by atoms with van der Waals surface area (Å²) in [5.41, 5.74) is 5.86. The minimum atomic E-state index is -0.783. The highest BCUT2D eigenvalue weighted by molar-refractivity contribution is 5.36. The Kier molecular flexibility index (Phi) is 3.65. The molecule has 0 bridgehead atoms. The van der Waals surface area contributed by atoms with Gasteiger partial charge in [-0.15, -0.1) is 0 Å². The lowest BCUT2D eigenvalue weighted by atomic mass is 10.2. The summed E-state index contributed by atoms with van der Waals surface area (Å²) in [5.74, 6) is 0.219. The quantitative estimate of drug-likeness (QED) is 0.641. The number of ether oxygens (including phenoxy) is 1. The average Bonchev–Trinajstić information content (AvgIpc) is 2.70. The maximum absolute atomic E-state index is 11.7. The van der Waals surface area contributed by atoms with Gasteiger partial charge in [-0.25, -0.2) is 4.79 Å². The molecule has 0 saturated carbocycles. The van der Waals surface area contributed by atoms with Gasteiger partial charge in [-0.2, -0.15) is 4.98 Å². The fraction of sp³-hybridized carbons (Fsp3) is 0.636. The molecule has 1 aromatic rings. The number of rotatable bonds is 3. The van der Waals surface area contributed by atoms with Gasteiger partial charge in [0.2, 0.25) is 0 Å². The SMILES string of the molecule is CCc1cn(C2CC(O)C(CO)O2)c(=O)nc1N. The van der Waals surface area contributed by atoms with Crippen molar-refractivity contribution in [2.24, 2.45) is 0 Å². The molecule has 0 aliphatic carbocycles. The van der Waals surface area contributed by atoms with Crippen LogP contribution < -0.4 is 11.4 Å². The lowest BCUT2D eigenvalue weighted by Crippen LogP contribution is -2.29. The van der Waals surface area contributed by atoms with Gasteiger partial charge in [0.05, 0.1) is 12.7 Å². The van der Waals surface area contributed by atoms with Gasteiger partial charge in [0.15, 0.2) is 0 Å². The number of nitrogens with two attached hydrogens (primary N) is 1. The van der Waals surface area contributed by atoms with Gasteiger partial charge >= 0.3 is 5.69 Å². The smallest absolute Gasteiger partial charge is 0.351 e. The number of hydrogen-bond acceptors (Lipinski definition) is 6. The molecule has 3 unspecified atom stereocenters. The van der Waals surface area contributed by atoms with E-state index in [0.29, 0.717) is 6.42 Å². The van der Waals surface area contributed by atoms with E-state index in [9.17, 15) is 9.90 Å². The minimum absolute atomic E-state index is 0.219. The summed E-state index contributed by atoms with van der Waals surface area (Å²) < 4.78 is 6.72.